The Hall–Kier alpha value is -0.583. The Morgan fingerprint density at radius 3 is 2.27 bits per heavy atom. The van der Waals surface area contributed by atoms with E-state index >= 15 is 0 Å². The monoisotopic (exact) mass is 144 g/mol. The topological polar surface area (TPSA) is 18.5 Å². The van der Waals surface area contributed by atoms with E-state index in [0.717, 1.165) is 5.75 Å². The summed E-state index contributed by atoms with van der Waals surface area (Å²) in [7, 11) is 3.21. The molecule has 0 atom stereocenters. The summed E-state index contributed by atoms with van der Waals surface area (Å²) in [4.78, 5) is 0. The van der Waals surface area contributed by atoms with Gasteiger partial charge in [0.25, 0.3) is 0 Å². The first-order valence-corrected chi connectivity index (χ1v) is 2.96. The van der Waals surface area contributed by atoms with Gasteiger partial charge in [0.15, 0.2) is 0 Å². The summed E-state index contributed by atoms with van der Waals surface area (Å²) < 4.78 is 9.97. The van der Waals surface area contributed by atoms with E-state index in [9.17, 15) is 0 Å². The number of rotatable bonds is 2. The van der Waals surface area contributed by atoms with Crippen LogP contribution in [0.2, 0.25) is 0 Å². The maximum atomic E-state index is 4.99. The van der Waals surface area contributed by atoms with Gasteiger partial charge in [0.05, 0.1) is 20.0 Å². The van der Waals surface area contributed by atoms with Crippen LogP contribution in [0.15, 0.2) is 18.2 Å². The number of methoxy groups -OCH3 is 2. The average molecular weight is 144 g/mol. The van der Waals surface area contributed by atoms with E-state index in [-0.39, 0.29) is 18.9 Å². The van der Waals surface area contributed by atoms with E-state index in [1.165, 1.54) is 0 Å². The minimum absolute atomic E-state index is 0. The van der Waals surface area contributed by atoms with Crippen molar-refractivity contribution in [1.82, 2.24) is 0 Å². The molecule has 0 aromatic heterocycles. The fourth-order valence-electron chi connectivity index (χ4n) is 0.729. The molecular weight excluding hydrogens is 135 g/mol. The van der Waals surface area contributed by atoms with Crippen LogP contribution in [0, 0.1) is 6.07 Å². The van der Waals surface area contributed by atoms with Crippen LogP contribution < -0.4 is 28.3 Å². The molecule has 0 heterocycles. The van der Waals surface area contributed by atoms with Gasteiger partial charge in [-0.05, 0) is 0 Å². The molecule has 0 radical (unpaired) electrons. The van der Waals surface area contributed by atoms with E-state index < -0.39 is 0 Å². The number of hydrogen-bond donors (Lipinski definition) is 0. The second-order valence-electron chi connectivity index (χ2n) is 1.78. The van der Waals surface area contributed by atoms with Crippen molar-refractivity contribution < 1.29 is 28.3 Å². The van der Waals surface area contributed by atoms with Crippen LogP contribution in [0.3, 0.4) is 0 Å². The van der Waals surface area contributed by atoms with Crippen LogP contribution in [0.1, 0.15) is 0 Å². The van der Waals surface area contributed by atoms with Crippen molar-refractivity contribution in [2.75, 3.05) is 14.2 Å². The number of hydrogen-bond acceptors (Lipinski definition) is 2. The van der Waals surface area contributed by atoms with Crippen molar-refractivity contribution in [3.8, 4) is 11.5 Å². The van der Waals surface area contributed by atoms with Crippen molar-refractivity contribution in [3.05, 3.63) is 24.3 Å². The minimum Gasteiger partial charge on any atom is -0.551 e. The largest absolute Gasteiger partial charge is 1.00 e. The molecule has 1 aromatic carbocycles. The molecule has 2 nitrogen and oxygen atoms in total. The maximum Gasteiger partial charge on any atom is 1.00 e. The summed E-state index contributed by atoms with van der Waals surface area (Å²) in [5.41, 5.74) is 0. The van der Waals surface area contributed by atoms with Crippen LogP contribution in [0.25, 0.3) is 0 Å². The zero-order chi connectivity index (χ0) is 7.40. The number of benzene rings is 1. The van der Waals surface area contributed by atoms with Crippen molar-refractivity contribution in [1.29, 1.82) is 0 Å². The number of ether oxygens (including phenoxy) is 2. The van der Waals surface area contributed by atoms with Crippen LogP contribution >= 0.6 is 0 Å². The molecule has 0 saturated carbocycles. The predicted octanol–water partition coefficient (Wildman–Crippen LogP) is -1.49. The third-order valence-electron chi connectivity index (χ3n) is 1.23. The summed E-state index contributed by atoms with van der Waals surface area (Å²) in [5.74, 6) is 1.45. The van der Waals surface area contributed by atoms with Crippen molar-refractivity contribution >= 4 is 0 Å². The molecule has 0 aliphatic rings. The van der Waals surface area contributed by atoms with Crippen molar-refractivity contribution in [2.45, 2.75) is 0 Å². The van der Waals surface area contributed by atoms with Crippen LogP contribution in [0.5, 0.6) is 11.5 Å². The average Bonchev–Trinajstić information content (AvgIpc) is 2.04. The molecule has 1 rings (SSSR count). The molecule has 11 heavy (non-hydrogen) atoms. The third-order valence-corrected chi connectivity index (χ3v) is 1.23. The second kappa shape index (κ2) is 5.12. The Balaban J connectivity index is 0.000001000. The van der Waals surface area contributed by atoms with Crippen LogP contribution in [-0.2, 0) is 0 Å². The molecule has 0 fully saturated rings. The molecule has 54 valence electrons. The van der Waals surface area contributed by atoms with E-state index in [4.69, 9.17) is 9.47 Å². The Bertz CT molecular complexity index is 190. The second-order valence-corrected chi connectivity index (χ2v) is 1.78. The van der Waals surface area contributed by atoms with Crippen molar-refractivity contribution in [3.63, 3.8) is 0 Å². The summed E-state index contributed by atoms with van der Waals surface area (Å²) in [6.45, 7) is 0. The normalized spacial score (nSPS) is 8.18. The van der Waals surface area contributed by atoms with Gasteiger partial charge in [-0.15, -0.1) is 12.1 Å². The van der Waals surface area contributed by atoms with E-state index in [1.54, 1.807) is 32.4 Å². The van der Waals surface area contributed by atoms with Gasteiger partial charge < -0.3 is 9.47 Å². The fourth-order valence-corrected chi connectivity index (χ4v) is 0.729. The van der Waals surface area contributed by atoms with Gasteiger partial charge in [-0.25, -0.2) is 0 Å². The molecule has 0 bridgehead atoms. The van der Waals surface area contributed by atoms with Gasteiger partial charge in [-0.1, -0.05) is 0 Å². The van der Waals surface area contributed by atoms with Gasteiger partial charge in [0.2, 0.25) is 0 Å². The molecule has 1 aromatic rings. The van der Waals surface area contributed by atoms with Gasteiger partial charge in [-0.2, -0.15) is 12.1 Å². The molecule has 0 unspecified atom stereocenters. The smallest absolute Gasteiger partial charge is 0.551 e. The van der Waals surface area contributed by atoms with Gasteiger partial charge in [0, 0.05) is 5.75 Å². The fraction of sp³-hybridized carbons (Fsp3) is 0.250. The minimum atomic E-state index is 0. The standard InChI is InChI=1S/C8H9O2.Li/c1-9-7-5-3-4-6-8(7)10-2;/h3,5-6H,1-2H3;/q-1;+1. The summed E-state index contributed by atoms with van der Waals surface area (Å²) in [6, 6.07) is 8.20. The first-order chi connectivity index (χ1) is 4.88. The zero-order valence-electron chi connectivity index (χ0n) is 7.05. The summed E-state index contributed by atoms with van der Waals surface area (Å²) in [5, 5.41) is 0. The van der Waals surface area contributed by atoms with Gasteiger partial charge in [-0.3, -0.25) is 0 Å². The van der Waals surface area contributed by atoms with Gasteiger partial charge >= 0.3 is 18.9 Å². The quantitative estimate of drug-likeness (QED) is 0.372. The Kier molecular flexibility index (Phi) is 4.85. The molecule has 0 N–H and O–H groups in total. The molecule has 0 spiro atoms. The van der Waals surface area contributed by atoms with E-state index in [0.29, 0.717) is 5.75 Å². The predicted molar refractivity (Wildman–Crippen MR) is 38.4 cm³/mol. The molecule has 3 heteroatoms. The van der Waals surface area contributed by atoms with Crippen LogP contribution in [0.4, 0.5) is 0 Å². The van der Waals surface area contributed by atoms with Gasteiger partial charge in [0.1, 0.15) is 0 Å². The molecule has 0 aliphatic carbocycles. The molecule has 0 saturated heterocycles. The Morgan fingerprint density at radius 1 is 1.18 bits per heavy atom. The first kappa shape index (κ1) is 10.4. The summed E-state index contributed by atoms with van der Waals surface area (Å²) >= 11 is 0. The van der Waals surface area contributed by atoms with E-state index in [2.05, 4.69) is 6.07 Å². The summed E-state index contributed by atoms with van der Waals surface area (Å²) in [6.07, 6.45) is 0. The maximum absolute atomic E-state index is 4.99. The molecular formula is C8H9LiO2. The molecule has 0 aliphatic heterocycles. The Labute approximate surface area is 78.7 Å². The van der Waals surface area contributed by atoms with Crippen LogP contribution in [-0.4, -0.2) is 14.2 Å². The third kappa shape index (κ3) is 2.49. The zero-order valence-corrected chi connectivity index (χ0v) is 7.05. The van der Waals surface area contributed by atoms with Crippen molar-refractivity contribution in [2.24, 2.45) is 0 Å². The first-order valence-electron chi connectivity index (χ1n) is 2.96. The SMILES string of the molecule is COc1c[c-]ccc1OC.[Li+]. The Morgan fingerprint density at radius 2 is 1.82 bits per heavy atom. The van der Waals surface area contributed by atoms with E-state index in [1.807, 2.05) is 0 Å². The molecule has 0 amide bonds.